The monoisotopic (exact) mass is 718 g/mol. The van der Waals surface area contributed by atoms with Crippen LogP contribution in [0.1, 0.15) is 0 Å². The molecule has 254 valence electrons. The molecule has 0 aliphatic carbocycles. The number of rotatable bonds is 12. The van der Waals surface area contributed by atoms with E-state index in [2.05, 4.69) is 4.74 Å². The highest BCUT2D eigenvalue weighted by Gasteiger charge is 2.99. The van der Waals surface area contributed by atoms with Crippen molar-refractivity contribution in [3.63, 3.8) is 0 Å². The van der Waals surface area contributed by atoms with Gasteiger partial charge in [0.2, 0.25) is 0 Å². The Hall–Kier alpha value is -2.25. The van der Waals surface area contributed by atoms with Crippen LogP contribution >= 0.6 is 11.3 Å². The summed E-state index contributed by atoms with van der Waals surface area (Å²) in [5, 5.41) is 0.765. The summed E-state index contributed by atoms with van der Waals surface area (Å²) in [5.74, 6) is -93.5. The first-order chi connectivity index (χ1) is 18.3. The van der Waals surface area contributed by atoms with Gasteiger partial charge in [-0.25, -0.2) is 0 Å². The van der Waals surface area contributed by atoms with Gasteiger partial charge in [-0.1, -0.05) is 0 Å². The minimum atomic E-state index is -9.61. The van der Waals surface area contributed by atoms with Crippen molar-refractivity contribution in [3.8, 4) is 5.75 Å². The fourth-order valence-electron chi connectivity index (χ4n) is 2.46. The van der Waals surface area contributed by atoms with Crippen LogP contribution in [0.2, 0.25) is 0 Å². The Labute approximate surface area is 221 Å². The third-order valence-corrected chi connectivity index (χ3v) is 5.67. The zero-order valence-corrected chi connectivity index (χ0v) is 19.3. The van der Waals surface area contributed by atoms with Gasteiger partial charge in [0.25, 0.3) is 0 Å². The van der Waals surface area contributed by atoms with Crippen LogP contribution < -0.4 is 4.74 Å². The van der Waals surface area contributed by atoms with E-state index in [9.17, 15) is 110 Å². The van der Waals surface area contributed by atoms with E-state index in [1.165, 1.54) is 0 Å². The molecule has 0 aromatic carbocycles. The van der Waals surface area contributed by atoms with E-state index >= 15 is 0 Å². The second-order valence-electron chi connectivity index (χ2n) is 7.82. The number of ether oxygens (including phenoxy) is 1. The number of halogens is 25. The second kappa shape index (κ2) is 9.87. The fourth-order valence-corrected chi connectivity index (χ4v) is 3.01. The van der Waals surface area contributed by atoms with Crippen molar-refractivity contribution in [1.82, 2.24) is 0 Å². The van der Waals surface area contributed by atoms with Gasteiger partial charge in [-0.2, -0.15) is 110 Å². The number of thiophene rings is 1. The average Bonchev–Trinajstić information content (AvgIpc) is 3.29. The minimum Gasteiger partial charge on any atom is -0.427 e. The maximum atomic E-state index is 13.7. The lowest BCUT2D eigenvalue weighted by molar-refractivity contribution is -0.486. The predicted octanol–water partition coefficient (Wildman–Crippen LogP) is 9.63. The zero-order chi connectivity index (χ0) is 35.1. The number of hydrogen-bond acceptors (Lipinski definition) is 2. The molecule has 0 bridgehead atoms. The molecule has 0 saturated carbocycles. The third-order valence-electron chi connectivity index (χ3n) is 5.01. The lowest BCUT2D eigenvalue weighted by Crippen LogP contribution is -2.78. The molecule has 0 aliphatic heterocycles. The summed E-state index contributed by atoms with van der Waals surface area (Å²) in [4.78, 5) is 0. The Morgan fingerprint density at radius 1 is 0.372 bits per heavy atom. The van der Waals surface area contributed by atoms with Crippen molar-refractivity contribution in [2.75, 3.05) is 0 Å². The van der Waals surface area contributed by atoms with Crippen LogP contribution in [0, 0.1) is 0 Å². The molecule has 43 heavy (non-hydrogen) atoms. The van der Waals surface area contributed by atoms with Crippen LogP contribution in [0.15, 0.2) is 16.8 Å². The molecule has 27 heteroatoms. The average molecular weight is 718 g/mol. The van der Waals surface area contributed by atoms with E-state index in [1.807, 2.05) is 0 Å². The van der Waals surface area contributed by atoms with Gasteiger partial charge in [-0.3, -0.25) is 0 Å². The highest BCUT2D eigenvalue weighted by atomic mass is 32.1. The van der Waals surface area contributed by atoms with Gasteiger partial charge in [0.15, 0.2) is 0 Å². The van der Waals surface area contributed by atoms with Gasteiger partial charge < -0.3 is 4.74 Å². The summed E-state index contributed by atoms with van der Waals surface area (Å²) < 4.78 is 336. The molecule has 1 heterocycles. The quantitative estimate of drug-likeness (QED) is 0.196. The van der Waals surface area contributed by atoms with E-state index < -0.39 is 77.3 Å². The summed E-state index contributed by atoms with van der Waals surface area (Å²) in [6, 6.07) is 0.147. The normalized spacial score (nSPS) is 16.5. The Balaban J connectivity index is 3.83. The predicted molar refractivity (Wildman–Crippen MR) is 85.4 cm³/mol. The van der Waals surface area contributed by atoms with Crippen LogP contribution in [0.3, 0.4) is 0 Å². The van der Waals surface area contributed by atoms with Gasteiger partial charge in [0.05, 0.1) is 0 Å². The minimum absolute atomic E-state index is 0.147. The van der Waals surface area contributed by atoms with Gasteiger partial charge in [-0.05, 0) is 11.4 Å². The molecule has 1 rings (SSSR count). The summed E-state index contributed by atoms with van der Waals surface area (Å²) in [5.41, 5.74) is 0. The zero-order valence-electron chi connectivity index (χ0n) is 18.5. The lowest BCUT2D eigenvalue weighted by Gasteiger charge is -2.45. The molecule has 0 saturated heterocycles. The topological polar surface area (TPSA) is 9.23 Å². The van der Waals surface area contributed by atoms with Crippen molar-refractivity contribution in [1.29, 1.82) is 0 Å². The molecule has 0 atom stereocenters. The molecule has 1 nitrogen and oxygen atoms in total. The van der Waals surface area contributed by atoms with Crippen molar-refractivity contribution in [2.24, 2.45) is 0 Å². The SMILES string of the molecule is FC(F)(F)C(F)(F)C(F)(F)C(F)(F)C(F)(F)C(F)(F)C(F)(F)C(F)(F)C(F)(F)C(F)(F)C(F)(F)C(F)(F)Oc1ccsc1. The van der Waals surface area contributed by atoms with Crippen molar-refractivity contribution in [2.45, 2.75) is 71.5 Å². The molecule has 1 aromatic rings. The Morgan fingerprint density at radius 2 is 0.628 bits per heavy atom. The molecule has 0 spiro atoms. The molecular formula is C16H3F25OS. The number of hydrogen-bond donors (Lipinski definition) is 0. The summed E-state index contributed by atoms with van der Waals surface area (Å²) in [6.07, 6.45) is -15.4. The maximum absolute atomic E-state index is 13.7. The standard InChI is InChI=1S/C16H3F25OS/c17-5(18,7(21,22)9(25,26)11(29,30)13(33,34)15(37,38)39)6(19,20)8(23,24)10(27,28)12(31,32)14(35,36)16(40,41)42-4-1-2-43-3-4/h1-3H. The Morgan fingerprint density at radius 3 is 0.860 bits per heavy atom. The molecule has 0 aliphatic rings. The largest absolute Gasteiger partial charge is 0.471 e. The molecular weight excluding hydrogens is 715 g/mol. The van der Waals surface area contributed by atoms with Crippen molar-refractivity contribution >= 4 is 11.3 Å². The highest BCUT2D eigenvalue weighted by molar-refractivity contribution is 7.08. The molecule has 0 fully saturated rings. The molecule has 1 aromatic heterocycles. The van der Waals surface area contributed by atoms with Crippen molar-refractivity contribution < 1.29 is 114 Å². The molecule has 0 N–H and O–H groups in total. The summed E-state index contributed by atoms with van der Waals surface area (Å²) in [7, 11) is 0. The van der Waals surface area contributed by atoms with Crippen molar-refractivity contribution in [3.05, 3.63) is 16.8 Å². The van der Waals surface area contributed by atoms with E-state index in [4.69, 9.17) is 0 Å². The lowest BCUT2D eigenvalue weighted by atomic mass is 9.85. The van der Waals surface area contributed by atoms with E-state index in [-0.39, 0.29) is 22.8 Å². The van der Waals surface area contributed by atoms with E-state index in [0.29, 0.717) is 5.38 Å². The van der Waals surface area contributed by atoms with Crippen LogP contribution in [-0.4, -0.2) is 71.5 Å². The number of alkyl halides is 25. The van der Waals surface area contributed by atoms with Crippen LogP contribution in [0.4, 0.5) is 110 Å². The van der Waals surface area contributed by atoms with Gasteiger partial charge >= 0.3 is 71.5 Å². The fraction of sp³-hybridized carbons (Fsp3) is 0.750. The van der Waals surface area contributed by atoms with Gasteiger partial charge in [-0.15, -0.1) is 11.3 Å². The first-order valence-electron chi connectivity index (χ1n) is 9.26. The highest BCUT2D eigenvalue weighted by Crippen LogP contribution is 2.67. The van der Waals surface area contributed by atoms with E-state index in [1.54, 1.807) is 0 Å². The van der Waals surface area contributed by atoms with Crippen LogP contribution in [0.5, 0.6) is 5.75 Å². The van der Waals surface area contributed by atoms with Crippen LogP contribution in [0.25, 0.3) is 0 Å². The maximum Gasteiger partial charge on any atom is 0.471 e. The third kappa shape index (κ3) is 4.79. The first kappa shape index (κ1) is 38.8. The summed E-state index contributed by atoms with van der Waals surface area (Å²) >= 11 is 0.187. The Bertz CT molecular complexity index is 1130. The van der Waals surface area contributed by atoms with E-state index in [0.717, 1.165) is 0 Å². The van der Waals surface area contributed by atoms with Gasteiger partial charge in [0, 0.05) is 5.38 Å². The first-order valence-corrected chi connectivity index (χ1v) is 10.2. The van der Waals surface area contributed by atoms with Crippen LogP contribution in [-0.2, 0) is 0 Å². The molecule has 0 unspecified atom stereocenters. The Kier molecular flexibility index (Phi) is 8.90. The smallest absolute Gasteiger partial charge is 0.427 e. The second-order valence-corrected chi connectivity index (χ2v) is 8.60. The van der Waals surface area contributed by atoms with Gasteiger partial charge in [0.1, 0.15) is 5.75 Å². The molecule has 0 amide bonds. The molecule has 0 radical (unpaired) electrons. The summed E-state index contributed by atoms with van der Waals surface area (Å²) in [6.45, 7) is 0.